The van der Waals surface area contributed by atoms with E-state index in [1.165, 1.54) is 4.90 Å². The number of carbonyl (C=O) groups is 3. The molecule has 3 N–H and O–H groups in total. The Kier molecular flexibility index (Phi) is 7.40. The second kappa shape index (κ2) is 10.1. The zero-order chi connectivity index (χ0) is 23.6. The van der Waals surface area contributed by atoms with E-state index >= 15 is 0 Å². The van der Waals surface area contributed by atoms with Gasteiger partial charge in [0.05, 0.1) is 24.5 Å². The van der Waals surface area contributed by atoms with E-state index in [-0.39, 0.29) is 35.7 Å². The maximum atomic E-state index is 13.5. The number of fused-ring (bicyclic) bond motifs is 1. The topological polar surface area (TPSA) is 108 Å². The summed E-state index contributed by atoms with van der Waals surface area (Å²) in [6, 6.07) is 8.71. The molecule has 33 heavy (non-hydrogen) atoms. The van der Waals surface area contributed by atoms with Crippen LogP contribution in [0.15, 0.2) is 30.3 Å². The zero-order valence-corrected chi connectivity index (χ0v) is 20.4. The number of ether oxygens (including phenoxy) is 1. The van der Waals surface area contributed by atoms with Crippen LogP contribution in [0.25, 0.3) is 0 Å². The van der Waals surface area contributed by atoms with Crippen LogP contribution in [-0.4, -0.2) is 70.0 Å². The van der Waals surface area contributed by atoms with E-state index in [1.807, 2.05) is 30.3 Å². The summed E-state index contributed by atoms with van der Waals surface area (Å²) in [5, 5.41) is 15.5. The van der Waals surface area contributed by atoms with Gasteiger partial charge in [-0.25, -0.2) is 0 Å². The molecule has 3 aliphatic rings. The molecule has 4 rings (SSSR count). The van der Waals surface area contributed by atoms with Gasteiger partial charge < -0.3 is 25.4 Å². The predicted octanol–water partition coefficient (Wildman–Crippen LogP) is 1.35. The minimum absolute atomic E-state index is 0.0312. The number of nitrogens with zero attached hydrogens (tertiary/aromatic N) is 1. The van der Waals surface area contributed by atoms with Gasteiger partial charge in [0.1, 0.15) is 11.6 Å². The average Bonchev–Trinajstić information content (AvgIpc) is 3.40. The number of likely N-dealkylation sites (tertiary alicyclic amines) is 1. The van der Waals surface area contributed by atoms with E-state index in [0.29, 0.717) is 19.5 Å². The molecule has 1 spiro atoms. The third-order valence-electron chi connectivity index (χ3n) is 7.07. The number of aliphatic hydroxyl groups is 1. The molecule has 2 bridgehead atoms. The SMILES string of the molecule is CCCCCNC(=O)C1N(CCO)C(=O)[C@@H]2[C@H](C(=O)NCc3ccccc3)[C@H]3OC12CC3Br. The van der Waals surface area contributed by atoms with Gasteiger partial charge in [0, 0.05) is 24.5 Å². The van der Waals surface area contributed by atoms with E-state index in [2.05, 4.69) is 33.5 Å². The lowest BCUT2D eigenvalue weighted by molar-refractivity contribution is -0.142. The molecule has 180 valence electrons. The second-order valence-corrected chi connectivity index (χ2v) is 10.3. The molecule has 1 aromatic carbocycles. The number of halogens is 1. The summed E-state index contributed by atoms with van der Waals surface area (Å²) in [7, 11) is 0. The maximum Gasteiger partial charge on any atom is 0.245 e. The molecule has 9 heteroatoms. The number of rotatable bonds is 10. The Morgan fingerprint density at radius 3 is 2.67 bits per heavy atom. The van der Waals surface area contributed by atoms with Crippen molar-refractivity contribution in [2.24, 2.45) is 11.8 Å². The van der Waals surface area contributed by atoms with E-state index in [1.54, 1.807) is 0 Å². The minimum Gasteiger partial charge on any atom is -0.395 e. The third kappa shape index (κ3) is 4.31. The Balaban J connectivity index is 1.56. The first-order valence-electron chi connectivity index (χ1n) is 11.8. The van der Waals surface area contributed by atoms with Crippen LogP contribution < -0.4 is 10.6 Å². The summed E-state index contributed by atoms with van der Waals surface area (Å²) in [6.07, 6.45) is 2.88. The first-order valence-corrected chi connectivity index (χ1v) is 12.7. The Bertz CT molecular complexity index is 884. The van der Waals surface area contributed by atoms with E-state index in [4.69, 9.17) is 4.74 Å². The molecule has 8 nitrogen and oxygen atoms in total. The lowest BCUT2D eigenvalue weighted by Crippen LogP contribution is -2.56. The van der Waals surface area contributed by atoms with Crippen LogP contribution in [-0.2, 0) is 25.7 Å². The Morgan fingerprint density at radius 1 is 1.21 bits per heavy atom. The molecule has 3 unspecified atom stereocenters. The monoisotopic (exact) mass is 521 g/mol. The normalized spacial score (nSPS) is 32.2. The molecule has 3 amide bonds. The van der Waals surface area contributed by atoms with Crippen molar-refractivity contribution in [3.8, 4) is 0 Å². The molecular weight excluding hydrogens is 490 g/mol. The van der Waals surface area contributed by atoms with Crippen molar-refractivity contribution in [1.29, 1.82) is 0 Å². The molecule has 3 fully saturated rings. The van der Waals surface area contributed by atoms with Gasteiger partial charge in [-0.15, -0.1) is 0 Å². The summed E-state index contributed by atoms with van der Waals surface area (Å²) in [5.74, 6) is -2.26. The van der Waals surface area contributed by atoms with Crippen LogP contribution in [0.3, 0.4) is 0 Å². The smallest absolute Gasteiger partial charge is 0.245 e. The van der Waals surface area contributed by atoms with Gasteiger partial charge in [0.25, 0.3) is 0 Å². The standard InChI is InChI=1S/C24H32BrN3O5/c1-2-3-7-10-26-22(31)20-24-13-16(25)19(33-24)17(18(24)23(32)28(20)11-12-29)21(30)27-14-15-8-5-4-6-9-15/h4-6,8-9,16-20,29H,2-3,7,10-14H2,1H3,(H,26,31)(H,27,30)/t16?,17-,18-,19-,20?,24?/m0/s1. The Hall–Kier alpha value is -1.97. The van der Waals surface area contributed by atoms with E-state index in [0.717, 1.165) is 24.8 Å². The van der Waals surface area contributed by atoms with Crippen molar-refractivity contribution in [2.75, 3.05) is 19.7 Å². The van der Waals surface area contributed by atoms with Crippen LogP contribution in [0.5, 0.6) is 0 Å². The van der Waals surface area contributed by atoms with Gasteiger partial charge in [-0.05, 0) is 18.4 Å². The van der Waals surface area contributed by atoms with Gasteiger partial charge in [0.2, 0.25) is 17.7 Å². The fourth-order valence-corrected chi connectivity index (χ4v) is 6.61. The third-order valence-corrected chi connectivity index (χ3v) is 7.92. The molecule has 6 atom stereocenters. The number of hydrogen-bond donors (Lipinski definition) is 3. The molecule has 3 heterocycles. The van der Waals surface area contributed by atoms with Gasteiger partial charge >= 0.3 is 0 Å². The number of amides is 3. The lowest BCUT2D eigenvalue weighted by Gasteiger charge is -2.34. The largest absolute Gasteiger partial charge is 0.395 e. The van der Waals surface area contributed by atoms with Crippen LogP contribution in [0.2, 0.25) is 0 Å². The Morgan fingerprint density at radius 2 is 1.97 bits per heavy atom. The van der Waals surface area contributed by atoms with Crippen LogP contribution >= 0.6 is 15.9 Å². The zero-order valence-electron chi connectivity index (χ0n) is 18.8. The van der Waals surface area contributed by atoms with Gasteiger partial charge in [0.15, 0.2) is 0 Å². The first-order chi connectivity index (χ1) is 15.9. The van der Waals surface area contributed by atoms with Gasteiger partial charge in [-0.3, -0.25) is 14.4 Å². The highest BCUT2D eigenvalue weighted by Crippen LogP contribution is 2.59. The number of hydrogen-bond acceptors (Lipinski definition) is 5. The average molecular weight is 522 g/mol. The predicted molar refractivity (Wildman–Crippen MR) is 125 cm³/mol. The molecule has 1 aromatic rings. The number of aliphatic hydroxyl groups excluding tert-OH is 1. The van der Waals surface area contributed by atoms with Crippen LogP contribution in [0.1, 0.15) is 38.2 Å². The highest BCUT2D eigenvalue weighted by molar-refractivity contribution is 9.09. The maximum absolute atomic E-state index is 13.5. The second-order valence-electron chi connectivity index (χ2n) is 9.12. The highest BCUT2D eigenvalue weighted by Gasteiger charge is 2.76. The van der Waals surface area contributed by atoms with Gasteiger partial charge in [-0.2, -0.15) is 0 Å². The van der Waals surface area contributed by atoms with Crippen molar-refractivity contribution in [2.45, 2.75) is 61.7 Å². The van der Waals surface area contributed by atoms with Crippen molar-refractivity contribution >= 4 is 33.7 Å². The van der Waals surface area contributed by atoms with Crippen molar-refractivity contribution in [3.63, 3.8) is 0 Å². The summed E-state index contributed by atoms with van der Waals surface area (Å²) in [6.45, 7) is 2.73. The number of unbranched alkanes of at least 4 members (excludes halogenated alkanes) is 2. The molecule has 0 aromatic heterocycles. The number of carbonyl (C=O) groups excluding carboxylic acids is 3. The van der Waals surface area contributed by atoms with Crippen LogP contribution in [0, 0.1) is 11.8 Å². The Labute approximate surface area is 202 Å². The van der Waals surface area contributed by atoms with E-state index in [9.17, 15) is 19.5 Å². The lowest BCUT2D eigenvalue weighted by atomic mass is 9.70. The number of alkyl halides is 1. The fraction of sp³-hybridized carbons (Fsp3) is 0.625. The van der Waals surface area contributed by atoms with Crippen molar-refractivity contribution in [3.05, 3.63) is 35.9 Å². The van der Waals surface area contributed by atoms with Crippen LogP contribution in [0.4, 0.5) is 0 Å². The quantitative estimate of drug-likeness (QED) is 0.318. The summed E-state index contributed by atoms with van der Waals surface area (Å²) in [5.41, 5.74) is -0.113. The van der Waals surface area contributed by atoms with Crippen molar-refractivity contribution in [1.82, 2.24) is 15.5 Å². The summed E-state index contributed by atoms with van der Waals surface area (Å²) in [4.78, 5) is 41.4. The minimum atomic E-state index is -1.07. The number of β-amino-alcohol motifs (C(OH)–C–C–N with tert-alkyl or cyclic N) is 1. The first kappa shape index (κ1) is 24.2. The molecule has 0 aliphatic carbocycles. The van der Waals surface area contributed by atoms with Crippen molar-refractivity contribution < 1.29 is 24.2 Å². The number of benzene rings is 1. The van der Waals surface area contributed by atoms with Gasteiger partial charge in [-0.1, -0.05) is 66.0 Å². The molecule has 0 radical (unpaired) electrons. The molecule has 0 saturated carbocycles. The highest BCUT2D eigenvalue weighted by atomic mass is 79.9. The molecular formula is C24H32BrN3O5. The van der Waals surface area contributed by atoms with E-state index < -0.39 is 29.6 Å². The molecule has 3 aliphatic heterocycles. The molecule has 3 saturated heterocycles. The number of nitrogens with one attached hydrogen (secondary N) is 2. The summed E-state index contributed by atoms with van der Waals surface area (Å²) < 4.78 is 6.38. The fourth-order valence-electron chi connectivity index (χ4n) is 5.66. The summed E-state index contributed by atoms with van der Waals surface area (Å²) >= 11 is 3.64.